The second-order valence-electron chi connectivity index (χ2n) is 4.55. The zero-order valence-electron chi connectivity index (χ0n) is 11.8. The summed E-state index contributed by atoms with van der Waals surface area (Å²) in [6, 6.07) is 8.10. The van der Waals surface area contributed by atoms with Crippen LogP contribution < -0.4 is 0 Å². The monoisotopic (exact) mass is 347 g/mol. The number of rotatable bonds is 6. The van der Waals surface area contributed by atoms with Crippen molar-refractivity contribution in [1.82, 2.24) is 14.8 Å². The molecule has 6 heteroatoms. The van der Waals surface area contributed by atoms with Gasteiger partial charge in [-0.15, -0.1) is 34.7 Å². The Morgan fingerprint density at radius 2 is 2.05 bits per heavy atom. The van der Waals surface area contributed by atoms with E-state index in [-0.39, 0.29) is 0 Å². The van der Waals surface area contributed by atoms with Gasteiger partial charge < -0.3 is 0 Å². The number of halogens is 1. The minimum atomic E-state index is 0.645. The summed E-state index contributed by atoms with van der Waals surface area (Å²) in [5.41, 5.74) is 0. The van der Waals surface area contributed by atoms with Crippen molar-refractivity contribution in [3.8, 4) is 10.7 Å². The number of allylic oxidation sites excluding steroid dienone is 1. The standard InChI is InChI=1S/C16H14ClN3S2/c1-3-9-20-15(18-19-16(20)21-10-4-2)14-13(17)11-7-5-6-8-12(11)22-14/h3-8H,1-2,9-10H2. The summed E-state index contributed by atoms with van der Waals surface area (Å²) in [6.45, 7) is 8.21. The smallest absolute Gasteiger partial charge is 0.192 e. The van der Waals surface area contributed by atoms with Crippen LogP contribution in [0.2, 0.25) is 5.02 Å². The molecule has 0 bridgehead atoms. The zero-order valence-corrected chi connectivity index (χ0v) is 14.2. The second-order valence-corrected chi connectivity index (χ2v) is 6.96. The van der Waals surface area contributed by atoms with Gasteiger partial charge in [0.15, 0.2) is 11.0 Å². The molecule has 0 spiro atoms. The average molecular weight is 348 g/mol. The Balaban J connectivity index is 2.13. The highest BCUT2D eigenvalue weighted by atomic mass is 35.5. The first-order valence-corrected chi connectivity index (χ1v) is 8.89. The molecular formula is C16H14ClN3S2. The van der Waals surface area contributed by atoms with Crippen LogP contribution in [-0.2, 0) is 6.54 Å². The van der Waals surface area contributed by atoms with Crippen LogP contribution in [0.1, 0.15) is 0 Å². The SMILES string of the molecule is C=CCSc1nnc(-c2sc3ccccc3c2Cl)n1CC=C. The maximum absolute atomic E-state index is 6.56. The molecule has 112 valence electrons. The number of hydrogen-bond donors (Lipinski definition) is 0. The van der Waals surface area contributed by atoms with Crippen LogP contribution in [0.15, 0.2) is 54.7 Å². The molecule has 2 heterocycles. The van der Waals surface area contributed by atoms with E-state index in [0.29, 0.717) is 6.54 Å². The van der Waals surface area contributed by atoms with Gasteiger partial charge in [-0.05, 0) is 6.07 Å². The Kier molecular flexibility index (Phi) is 4.66. The molecule has 3 nitrogen and oxygen atoms in total. The summed E-state index contributed by atoms with van der Waals surface area (Å²) in [5.74, 6) is 1.58. The molecule has 22 heavy (non-hydrogen) atoms. The van der Waals surface area contributed by atoms with E-state index in [2.05, 4.69) is 29.4 Å². The predicted octanol–water partition coefficient (Wildman–Crippen LogP) is 5.28. The zero-order chi connectivity index (χ0) is 15.5. The fourth-order valence-corrected chi connectivity index (χ4v) is 4.34. The summed E-state index contributed by atoms with van der Waals surface area (Å²) < 4.78 is 3.19. The molecule has 0 amide bonds. The van der Waals surface area contributed by atoms with E-state index in [4.69, 9.17) is 11.6 Å². The van der Waals surface area contributed by atoms with E-state index in [1.807, 2.05) is 34.9 Å². The number of thiophene rings is 1. The van der Waals surface area contributed by atoms with E-state index >= 15 is 0 Å². The van der Waals surface area contributed by atoms with Gasteiger partial charge in [0.05, 0.1) is 9.90 Å². The predicted molar refractivity (Wildman–Crippen MR) is 97.0 cm³/mol. The maximum atomic E-state index is 6.56. The Labute approximate surface area is 142 Å². The van der Waals surface area contributed by atoms with E-state index in [1.54, 1.807) is 23.1 Å². The van der Waals surface area contributed by atoms with Crippen LogP contribution in [0.4, 0.5) is 0 Å². The Hall–Kier alpha value is -1.56. The highest BCUT2D eigenvalue weighted by molar-refractivity contribution is 7.99. The molecule has 0 N–H and O–H groups in total. The highest BCUT2D eigenvalue weighted by Gasteiger charge is 2.19. The minimum absolute atomic E-state index is 0.645. The lowest BCUT2D eigenvalue weighted by molar-refractivity contribution is 0.732. The second kappa shape index (κ2) is 6.69. The van der Waals surface area contributed by atoms with Crippen molar-refractivity contribution in [1.29, 1.82) is 0 Å². The van der Waals surface area contributed by atoms with Crippen molar-refractivity contribution in [2.75, 3.05) is 5.75 Å². The van der Waals surface area contributed by atoms with Gasteiger partial charge in [-0.3, -0.25) is 4.57 Å². The fourth-order valence-electron chi connectivity index (χ4n) is 2.15. The van der Waals surface area contributed by atoms with Crippen LogP contribution in [0, 0.1) is 0 Å². The molecule has 0 atom stereocenters. The van der Waals surface area contributed by atoms with E-state index < -0.39 is 0 Å². The summed E-state index contributed by atoms with van der Waals surface area (Å²) in [7, 11) is 0. The van der Waals surface area contributed by atoms with Crippen molar-refractivity contribution >= 4 is 44.8 Å². The van der Waals surface area contributed by atoms with Gasteiger partial charge in [0, 0.05) is 22.4 Å². The summed E-state index contributed by atoms with van der Waals surface area (Å²) in [5, 5.41) is 11.3. The molecule has 0 fully saturated rings. The lowest BCUT2D eigenvalue weighted by atomic mass is 10.2. The molecule has 0 aliphatic rings. The van der Waals surface area contributed by atoms with E-state index in [0.717, 1.165) is 36.7 Å². The largest absolute Gasteiger partial charge is 0.297 e. The van der Waals surface area contributed by atoms with Crippen LogP contribution in [0.3, 0.4) is 0 Å². The van der Waals surface area contributed by atoms with Gasteiger partial charge in [-0.25, -0.2) is 0 Å². The molecule has 3 aromatic rings. The third kappa shape index (κ3) is 2.72. The van der Waals surface area contributed by atoms with Crippen molar-refractivity contribution in [2.24, 2.45) is 0 Å². The van der Waals surface area contributed by atoms with Crippen LogP contribution in [-0.4, -0.2) is 20.5 Å². The Morgan fingerprint density at radius 1 is 1.23 bits per heavy atom. The van der Waals surface area contributed by atoms with Crippen molar-refractivity contribution < 1.29 is 0 Å². The first-order valence-electron chi connectivity index (χ1n) is 6.71. The molecule has 2 aromatic heterocycles. The number of thioether (sulfide) groups is 1. The Bertz CT molecular complexity index is 835. The fraction of sp³-hybridized carbons (Fsp3) is 0.125. The van der Waals surface area contributed by atoms with Gasteiger partial charge in [0.2, 0.25) is 0 Å². The minimum Gasteiger partial charge on any atom is -0.297 e. The molecule has 0 aliphatic heterocycles. The van der Waals surface area contributed by atoms with E-state index in [9.17, 15) is 0 Å². The van der Waals surface area contributed by atoms with Crippen LogP contribution in [0.25, 0.3) is 20.8 Å². The molecule has 0 saturated heterocycles. The van der Waals surface area contributed by atoms with Gasteiger partial charge in [-0.1, -0.05) is 53.7 Å². The van der Waals surface area contributed by atoms with Gasteiger partial charge >= 0.3 is 0 Å². The number of benzene rings is 1. The molecule has 0 unspecified atom stereocenters. The first kappa shape index (κ1) is 15.3. The highest BCUT2D eigenvalue weighted by Crippen LogP contribution is 2.41. The number of aromatic nitrogens is 3. The van der Waals surface area contributed by atoms with Crippen molar-refractivity contribution in [2.45, 2.75) is 11.7 Å². The molecule has 3 rings (SSSR count). The van der Waals surface area contributed by atoms with E-state index in [1.165, 1.54) is 0 Å². The number of nitrogens with zero attached hydrogens (tertiary/aromatic N) is 3. The number of fused-ring (bicyclic) bond motifs is 1. The molecule has 0 radical (unpaired) electrons. The molecule has 0 saturated carbocycles. The van der Waals surface area contributed by atoms with Gasteiger partial charge in [-0.2, -0.15) is 0 Å². The quantitative estimate of drug-likeness (QED) is 0.449. The maximum Gasteiger partial charge on any atom is 0.192 e. The summed E-state index contributed by atoms with van der Waals surface area (Å²) in [4.78, 5) is 0.947. The van der Waals surface area contributed by atoms with Crippen LogP contribution >= 0.6 is 34.7 Å². The number of hydrogen-bond acceptors (Lipinski definition) is 4. The normalized spacial score (nSPS) is 11.0. The first-order chi connectivity index (χ1) is 10.8. The van der Waals surface area contributed by atoms with Crippen molar-refractivity contribution in [3.05, 3.63) is 54.6 Å². The summed E-state index contributed by atoms with van der Waals surface area (Å²) >= 11 is 9.79. The lowest BCUT2D eigenvalue weighted by Crippen LogP contribution is -2.00. The molecule has 1 aromatic carbocycles. The van der Waals surface area contributed by atoms with Gasteiger partial charge in [0.1, 0.15) is 0 Å². The average Bonchev–Trinajstić information content (AvgIpc) is 3.08. The Morgan fingerprint density at radius 3 is 2.77 bits per heavy atom. The molecular weight excluding hydrogens is 334 g/mol. The molecule has 0 aliphatic carbocycles. The third-order valence-electron chi connectivity index (χ3n) is 3.10. The van der Waals surface area contributed by atoms with Gasteiger partial charge in [0.25, 0.3) is 0 Å². The van der Waals surface area contributed by atoms with Crippen molar-refractivity contribution in [3.63, 3.8) is 0 Å². The lowest BCUT2D eigenvalue weighted by Gasteiger charge is -2.05. The topological polar surface area (TPSA) is 30.7 Å². The third-order valence-corrected chi connectivity index (χ3v) is 5.73. The summed E-state index contributed by atoms with van der Waals surface area (Å²) in [6.07, 6.45) is 3.69. The van der Waals surface area contributed by atoms with Crippen LogP contribution in [0.5, 0.6) is 0 Å².